The highest BCUT2D eigenvalue weighted by Crippen LogP contribution is 2.41. The molecule has 1 N–H and O–H groups in total. The van der Waals surface area contributed by atoms with E-state index in [9.17, 15) is 5.11 Å². The fourth-order valence-electron chi connectivity index (χ4n) is 3.54. The van der Waals surface area contributed by atoms with Gasteiger partial charge in [0.1, 0.15) is 24.6 Å². The van der Waals surface area contributed by atoms with Crippen LogP contribution in [0.15, 0.2) is 17.3 Å². The van der Waals surface area contributed by atoms with Gasteiger partial charge in [-0.3, -0.25) is 9.20 Å². The molecule has 1 fully saturated rings. The summed E-state index contributed by atoms with van der Waals surface area (Å²) in [6, 6.07) is 0. The first-order valence-corrected chi connectivity index (χ1v) is 10.0. The zero-order valence-electron chi connectivity index (χ0n) is 17.9. The Hall–Kier alpha value is -1.59. The van der Waals surface area contributed by atoms with Crippen molar-refractivity contribution < 1.29 is 19.3 Å². The van der Waals surface area contributed by atoms with E-state index in [0.717, 1.165) is 0 Å². The van der Waals surface area contributed by atoms with Crippen LogP contribution in [0.1, 0.15) is 47.8 Å². The Balaban J connectivity index is 2.06. The number of methoxy groups -OCH3 is 1. The maximum atomic E-state index is 11.0. The monoisotopic (exact) mass is 419 g/mol. The molecule has 2 aromatic heterocycles. The quantitative estimate of drug-likeness (QED) is 0.742. The van der Waals surface area contributed by atoms with Crippen LogP contribution in [0, 0.1) is 5.41 Å². The van der Waals surface area contributed by atoms with Crippen LogP contribution in [0.3, 0.4) is 0 Å². The molecule has 3 heterocycles. The molecule has 2 radical (unpaired) electrons. The molecule has 0 bridgehead atoms. The molecule has 0 spiro atoms. The van der Waals surface area contributed by atoms with E-state index in [1.54, 1.807) is 18.0 Å². The van der Waals surface area contributed by atoms with Gasteiger partial charge in [-0.25, -0.2) is 15.0 Å². The van der Waals surface area contributed by atoms with E-state index in [2.05, 4.69) is 29.6 Å². The summed E-state index contributed by atoms with van der Waals surface area (Å²) in [7, 11) is 4.73. The number of hydrogen-bond acceptors (Lipinski definition) is 8. The molecule has 10 heteroatoms. The van der Waals surface area contributed by atoms with E-state index in [4.69, 9.17) is 14.2 Å². The lowest BCUT2D eigenvalue weighted by Crippen LogP contribution is -2.49. The molecule has 9 nitrogen and oxygen atoms in total. The van der Waals surface area contributed by atoms with Crippen molar-refractivity contribution in [3.63, 3.8) is 0 Å². The van der Waals surface area contributed by atoms with E-state index in [1.165, 1.54) is 6.33 Å². The van der Waals surface area contributed by atoms with E-state index in [0.29, 0.717) is 17.0 Å². The first-order valence-electron chi connectivity index (χ1n) is 9.57. The molecule has 1 unspecified atom stereocenters. The number of fused-ring (bicyclic) bond motifs is 1. The second-order valence-electron chi connectivity index (χ2n) is 9.33. The van der Waals surface area contributed by atoms with Crippen LogP contribution in [-0.4, -0.2) is 71.8 Å². The van der Waals surface area contributed by atoms with Gasteiger partial charge in [0.15, 0.2) is 33.2 Å². The lowest BCUT2D eigenvalue weighted by molar-refractivity contribution is -0.155. The second-order valence-corrected chi connectivity index (χ2v) is 9.55. The molecule has 29 heavy (non-hydrogen) atoms. The first-order chi connectivity index (χ1) is 13.5. The van der Waals surface area contributed by atoms with E-state index in [-0.39, 0.29) is 0 Å². The fourth-order valence-corrected chi connectivity index (χ4v) is 3.70. The molecular weight excluding hydrogens is 390 g/mol. The number of ether oxygens (including phenoxy) is 3. The van der Waals surface area contributed by atoms with E-state index >= 15 is 0 Å². The molecule has 0 aromatic carbocycles. The maximum Gasteiger partial charge on any atom is 0.191 e. The predicted molar refractivity (Wildman–Crippen MR) is 108 cm³/mol. The molecule has 5 atom stereocenters. The average molecular weight is 420 g/mol. The fraction of sp³-hybridized carbons (Fsp3) is 0.737. The van der Waals surface area contributed by atoms with E-state index < -0.39 is 41.7 Å². The van der Waals surface area contributed by atoms with Gasteiger partial charge in [-0.05, 0) is 26.2 Å². The van der Waals surface area contributed by atoms with Crippen LogP contribution in [0.4, 0.5) is 5.82 Å². The van der Waals surface area contributed by atoms with Crippen molar-refractivity contribution in [3.8, 4) is 0 Å². The molecule has 1 aliphatic heterocycles. The lowest BCUT2D eigenvalue weighted by Gasteiger charge is -2.36. The Morgan fingerprint density at radius 3 is 2.41 bits per heavy atom. The summed E-state index contributed by atoms with van der Waals surface area (Å²) >= 11 is 0. The Kier molecular flexibility index (Phi) is 6.03. The Morgan fingerprint density at radius 1 is 1.17 bits per heavy atom. The Morgan fingerprint density at radius 2 is 1.86 bits per heavy atom. The van der Waals surface area contributed by atoms with Gasteiger partial charge in [0.2, 0.25) is 0 Å². The number of aliphatic hydroxyl groups excluding tert-OH is 1. The van der Waals surface area contributed by atoms with Crippen LogP contribution >= 0.6 is 0 Å². The van der Waals surface area contributed by atoms with Crippen molar-refractivity contribution in [2.75, 3.05) is 7.11 Å². The molecule has 1 saturated heterocycles. The summed E-state index contributed by atoms with van der Waals surface area (Å²) in [5, 5.41) is 11.0. The number of imidazole rings is 1. The zero-order valence-corrected chi connectivity index (χ0v) is 18.9. The van der Waals surface area contributed by atoms with Gasteiger partial charge in [0, 0.05) is 7.11 Å². The van der Waals surface area contributed by atoms with Crippen LogP contribution in [0.25, 0.3) is 11.2 Å². The highest BCUT2D eigenvalue weighted by molar-refractivity contribution is 5.96. The van der Waals surface area contributed by atoms with Crippen LogP contribution in [0.2, 0.25) is 0 Å². The van der Waals surface area contributed by atoms with Gasteiger partial charge < -0.3 is 19.3 Å². The molecule has 0 aliphatic carbocycles. The standard InChI is InChI=1S/C19H29N5O4Si/c1-18(2,3)14(25)12-11(28-19(4,5)6)13(26-7)17(27-12)24-9-22-10-15(23-29)20-8-21-16(10)24/h8-9,11-14,17,25H,1-7H3/t11-,12+,13-,14?,17-/m1/s1. The number of aromatic nitrogens is 4. The summed E-state index contributed by atoms with van der Waals surface area (Å²) in [5.41, 5.74) is 0.243. The van der Waals surface area contributed by atoms with Crippen molar-refractivity contribution in [2.45, 2.75) is 77.8 Å². The largest absolute Gasteiger partial charge is 0.390 e. The van der Waals surface area contributed by atoms with E-state index in [1.807, 2.05) is 41.5 Å². The van der Waals surface area contributed by atoms with Crippen LogP contribution in [-0.2, 0) is 14.2 Å². The highest BCUT2D eigenvalue weighted by atomic mass is 28.1. The minimum Gasteiger partial charge on any atom is -0.390 e. The van der Waals surface area contributed by atoms with Crippen LogP contribution < -0.4 is 0 Å². The Bertz CT molecular complexity index is 876. The smallest absolute Gasteiger partial charge is 0.191 e. The van der Waals surface area contributed by atoms with Gasteiger partial charge >= 0.3 is 0 Å². The van der Waals surface area contributed by atoms with Crippen molar-refractivity contribution in [1.29, 1.82) is 0 Å². The second kappa shape index (κ2) is 7.92. The summed E-state index contributed by atoms with van der Waals surface area (Å²) in [6.45, 7) is 11.8. The molecule has 0 amide bonds. The summed E-state index contributed by atoms with van der Waals surface area (Å²) in [5.74, 6) is 0.422. The number of hydrogen-bond donors (Lipinski definition) is 1. The summed E-state index contributed by atoms with van der Waals surface area (Å²) in [4.78, 5) is 12.8. The minimum atomic E-state index is -0.769. The van der Waals surface area contributed by atoms with Gasteiger partial charge in [0.25, 0.3) is 0 Å². The molecular formula is C19H29N5O4Si. The van der Waals surface area contributed by atoms with Gasteiger partial charge in [-0.2, -0.15) is 0 Å². The van der Waals surface area contributed by atoms with Crippen molar-refractivity contribution in [2.24, 2.45) is 10.0 Å². The Labute approximate surface area is 174 Å². The van der Waals surface area contributed by atoms with Gasteiger partial charge in [0.05, 0.1) is 18.0 Å². The summed E-state index contributed by atoms with van der Waals surface area (Å²) < 4.78 is 24.2. The van der Waals surface area contributed by atoms with Crippen molar-refractivity contribution in [3.05, 3.63) is 12.7 Å². The third-order valence-corrected chi connectivity index (χ3v) is 5.12. The molecule has 3 rings (SSSR count). The van der Waals surface area contributed by atoms with Gasteiger partial charge in [-0.15, -0.1) is 0 Å². The van der Waals surface area contributed by atoms with Crippen molar-refractivity contribution in [1.82, 2.24) is 19.5 Å². The van der Waals surface area contributed by atoms with Gasteiger partial charge in [-0.1, -0.05) is 20.8 Å². The first kappa shape index (κ1) is 22.1. The summed E-state index contributed by atoms with van der Waals surface area (Å²) in [6.07, 6.45) is 0.124. The highest BCUT2D eigenvalue weighted by Gasteiger charge is 2.53. The maximum absolute atomic E-state index is 11.0. The van der Waals surface area contributed by atoms with Crippen LogP contribution in [0.5, 0.6) is 0 Å². The lowest BCUT2D eigenvalue weighted by atomic mass is 9.83. The molecule has 158 valence electrons. The predicted octanol–water partition coefficient (Wildman–Crippen LogP) is 2.31. The molecule has 1 aliphatic rings. The minimum absolute atomic E-state index is 0.404. The normalized spacial score (nSPS) is 26.8. The topological polar surface area (TPSA) is 104 Å². The number of nitrogens with zero attached hydrogens (tertiary/aromatic N) is 5. The molecule has 2 aromatic rings. The number of aliphatic hydroxyl groups is 1. The number of rotatable bonds is 5. The van der Waals surface area contributed by atoms with Crippen molar-refractivity contribution >= 4 is 27.0 Å². The molecule has 0 saturated carbocycles. The third-order valence-electron chi connectivity index (χ3n) is 4.91. The third kappa shape index (κ3) is 4.31. The SMILES string of the molecule is CO[C@@H]1[C@H](OC(C)(C)C)[C@@H](C(O)C(C)(C)C)O[C@H]1n1cnc2c(N=[Si])ncnc21. The zero-order chi connectivity index (χ0) is 21.6. The average Bonchev–Trinajstić information content (AvgIpc) is 3.19.